The number of nitrogens with one attached hydrogen (secondary N) is 2. The molecular weight excluding hydrogens is 437 g/mol. The summed E-state index contributed by atoms with van der Waals surface area (Å²) in [6.07, 6.45) is -3.10. The molecule has 1 amide bonds. The van der Waals surface area contributed by atoms with Crippen LogP contribution in [0.15, 0.2) is 54.9 Å². The van der Waals surface area contributed by atoms with E-state index in [2.05, 4.69) is 20.6 Å². The Balaban J connectivity index is 1.74. The molecule has 0 unspecified atom stereocenters. The average molecular weight is 458 g/mol. The Morgan fingerprint density at radius 1 is 1.06 bits per heavy atom. The number of carbonyl (C=O) groups is 2. The molecule has 33 heavy (non-hydrogen) atoms. The molecule has 0 aliphatic heterocycles. The van der Waals surface area contributed by atoms with E-state index in [4.69, 9.17) is 4.74 Å². The highest BCUT2D eigenvalue weighted by Gasteiger charge is 2.31. The third-order valence-corrected chi connectivity index (χ3v) is 4.69. The zero-order valence-corrected chi connectivity index (χ0v) is 17.9. The lowest BCUT2D eigenvalue weighted by molar-refractivity contribution is -0.150. The van der Waals surface area contributed by atoms with Crippen LogP contribution in [0.4, 0.5) is 24.7 Å². The zero-order valence-electron chi connectivity index (χ0n) is 17.9. The highest BCUT2D eigenvalue weighted by atomic mass is 19.4. The molecule has 2 aromatic heterocycles. The second kappa shape index (κ2) is 10.1. The van der Waals surface area contributed by atoms with Gasteiger partial charge in [0.2, 0.25) is 5.91 Å². The van der Waals surface area contributed by atoms with Crippen LogP contribution in [0.25, 0.3) is 11.1 Å². The number of carbonyl (C=O) groups excluding carboxylic acids is 2. The second-order valence-electron chi connectivity index (χ2n) is 7.12. The van der Waals surface area contributed by atoms with E-state index in [0.717, 1.165) is 0 Å². The number of benzene rings is 1. The normalized spacial score (nSPS) is 11.1. The molecule has 3 aromatic rings. The van der Waals surface area contributed by atoms with Crippen LogP contribution in [0.2, 0.25) is 0 Å². The maximum absolute atomic E-state index is 12.5. The number of aromatic nitrogens is 2. The van der Waals surface area contributed by atoms with Crippen LogP contribution in [0, 0.1) is 6.92 Å². The van der Waals surface area contributed by atoms with Gasteiger partial charge in [0.15, 0.2) is 0 Å². The number of ether oxygens (including phenoxy) is 1. The van der Waals surface area contributed by atoms with Crippen molar-refractivity contribution in [3.8, 4) is 11.1 Å². The number of alkyl halides is 3. The number of esters is 1. The Bertz CT molecular complexity index is 1150. The maximum atomic E-state index is 12.5. The Labute approximate surface area is 188 Å². The van der Waals surface area contributed by atoms with E-state index >= 15 is 0 Å². The third kappa shape index (κ3) is 6.28. The van der Waals surface area contributed by atoms with Gasteiger partial charge < -0.3 is 15.4 Å². The van der Waals surface area contributed by atoms with E-state index < -0.39 is 24.5 Å². The van der Waals surface area contributed by atoms with E-state index in [1.807, 2.05) is 0 Å². The summed E-state index contributed by atoms with van der Waals surface area (Å²) >= 11 is 0. The summed E-state index contributed by atoms with van der Waals surface area (Å²) in [5.74, 6) is -1.40. The van der Waals surface area contributed by atoms with Gasteiger partial charge in [-0.3, -0.25) is 9.78 Å². The fourth-order valence-corrected chi connectivity index (χ4v) is 3.10. The summed E-state index contributed by atoms with van der Waals surface area (Å²) < 4.78 is 42.3. The van der Waals surface area contributed by atoms with Gasteiger partial charge in [-0.05, 0) is 36.2 Å². The number of pyridine rings is 2. The van der Waals surface area contributed by atoms with Crippen molar-refractivity contribution >= 4 is 23.4 Å². The lowest BCUT2D eigenvalue weighted by Gasteiger charge is -2.15. The molecule has 0 atom stereocenters. The van der Waals surface area contributed by atoms with E-state index in [0.29, 0.717) is 27.9 Å². The minimum atomic E-state index is -4.61. The van der Waals surface area contributed by atoms with Gasteiger partial charge in [0.05, 0.1) is 30.6 Å². The van der Waals surface area contributed by atoms with Gasteiger partial charge in [-0.25, -0.2) is 9.78 Å². The number of methoxy groups -OCH3 is 1. The molecule has 0 spiro atoms. The summed E-state index contributed by atoms with van der Waals surface area (Å²) in [6.45, 7) is 1.86. The first-order valence-corrected chi connectivity index (χ1v) is 9.86. The number of hydrogen-bond donors (Lipinski definition) is 2. The van der Waals surface area contributed by atoms with Crippen LogP contribution in [-0.2, 0) is 16.1 Å². The molecule has 10 heteroatoms. The molecule has 0 bridgehead atoms. The van der Waals surface area contributed by atoms with E-state index in [1.165, 1.54) is 13.3 Å². The number of halogens is 3. The van der Waals surface area contributed by atoms with E-state index in [9.17, 15) is 22.8 Å². The second-order valence-corrected chi connectivity index (χ2v) is 7.12. The summed E-state index contributed by atoms with van der Waals surface area (Å²) in [4.78, 5) is 32.2. The largest absolute Gasteiger partial charge is 0.465 e. The first-order valence-electron chi connectivity index (χ1n) is 9.86. The Morgan fingerprint density at radius 2 is 1.82 bits per heavy atom. The van der Waals surface area contributed by atoms with Gasteiger partial charge in [0.25, 0.3) is 0 Å². The predicted molar refractivity (Wildman–Crippen MR) is 117 cm³/mol. The Hall–Kier alpha value is -3.95. The minimum Gasteiger partial charge on any atom is -0.465 e. The van der Waals surface area contributed by atoms with Crippen LogP contribution in [0.1, 0.15) is 28.0 Å². The first-order chi connectivity index (χ1) is 15.7. The van der Waals surface area contributed by atoms with Gasteiger partial charge in [0, 0.05) is 18.0 Å². The van der Waals surface area contributed by atoms with Crippen molar-refractivity contribution in [2.24, 2.45) is 0 Å². The van der Waals surface area contributed by atoms with Crippen molar-refractivity contribution in [1.29, 1.82) is 0 Å². The molecule has 3 rings (SSSR count). The zero-order chi connectivity index (χ0) is 24.0. The number of amides is 1. The molecule has 7 nitrogen and oxygen atoms in total. The van der Waals surface area contributed by atoms with Crippen molar-refractivity contribution in [2.75, 3.05) is 17.7 Å². The number of rotatable bonds is 7. The number of hydrogen-bond acceptors (Lipinski definition) is 6. The smallest absolute Gasteiger partial charge is 0.397 e. The van der Waals surface area contributed by atoms with E-state index in [-0.39, 0.29) is 18.1 Å². The lowest BCUT2D eigenvalue weighted by Crippen LogP contribution is -2.22. The molecule has 0 fully saturated rings. The topological polar surface area (TPSA) is 93.2 Å². The van der Waals surface area contributed by atoms with Crippen LogP contribution in [0.3, 0.4) is 0 Å². The molecule has 1 aromatic carbocycles. The van der Waals surface area contributed by atoms with Crippen molar-refractivity contribution < 1.29 is 27.5 Å². The van der Waals surface area contributed by atoms with Crippen LogP contribution in [0.5, 0.6) is 0 Å². The number of nitrogens with zero attached hydrogens (tertiary/aromatic N) is 2. The lowest BCUT2D eigenvalue weighted by atomic mass is 10.0. The number of anilines is 2. The third-order valence-electron chi connectivity index (χ3n) is 4.69. The average Bonchev–Trinajstić information content (AvgIpc) is 2.78. The molecule has 0 saturated carbocycles. The standard InChI is InChI=1S/C23H21F3N4O3/c1-14-9-10-27-21(20(14)30-19(31)11-23(24,25)26)29-13-16-8-7-15(12-28-16)17-5-3-4-6-18(17)22(32)33-2/h3-10,12H,11,13H2,1-2H3,(H,27,29)(H,30,31). The Kier molecular flexibility index (Phi) is 7.27. The van der Waals surface area contributed by atoms with Crippen molar-refractivity contribution in [3.63, 3.8) is 0 Å². The van der Waals surface area contributed by atoms with Gasteiger partial charge in [0.1, 0.15) is 12.2 Å². The molecule has 2 N–H and O–H groups in total. The summed E-state index contributed by atoms with van der Waals surface area (Å²) in [7, 11) is 1.31. The molecule has 0 aliphatic carbocycles. The quantitative estimate of drug-likeness (QED) is 0.497. The molecule has 0 aliphatic rings. The molecule has 0 radical (unpaired) electrons. The summed E-state index contributed by atoms with van der Waals surface area (Å²) in [5, 5.41) is 5.27. The van der Waals surface area contributed by atoms with Crippen molar-refractivity contribution in [1.82, 2.24) is 9.97 Å². The summed E-state index contributed by atoms with van der Waals surface area (Å²) in [6, 6.07) is 12.1. The van der Waals surface area contributed by atoms with Gasteiger partial charge in [-0.1, -0.05) is 24.3 Å². The molecule has 0 saturated heterocycles. The monoisotopic (exact) mass is 458 g/mol. The van der Waals surface area contributed by atoms with E-state index in [1.54, 1.807) is 55.6 Å². The molecule has 172 valence electrons. The fraction of sp³-hybridized carbons (Fsp3) is 0.217. The SMILES string of the molecule is COC(=O)c1ccccc1-c1ccc(CNc2nccc(C)c2NC(=O)CC(F)(F)F)nc1. The predicted octanol–water partition coefficient (Wildman–Crippen LogP) is 4.74. The van der Waals surface area contributed by atoms with Crippen molar-refractivity contribution in [2.45, 2.75) is 26.1 Å². The van der Waals surface area contributed by atoms with Crippen LogP contribution < -0.4 is 10.6 Å². The molecular formula is C23H21F3N4O3. The Morgan fingerprint density at radius 3 is 2.48 bits per heavy atom. The fourth-order valence-electron chi connectivity index (χ4n) is 3.10. The maximum Gasteiger partial charge on any atom is 0.397 e. The van der Waals surface area contributed by atoms with Gasteiger partial charge >= 0.3 is 12.1 Å². The van der Waals surface area contributed by atoms with Crippen LogP contribution in [-0.4, -0.2) is 35.1 Å². The molecule has 2 heterocycles. The highest BCUT2D eigenvalue weighted by Crippen LogP contribution is 2.27. The van der Waals surface area contributed by atoms with Gasteiger partial charge in [-0.15, -0.1) is 0 Å². The summed E-state index contributed by atoms with van der Waals surface area (Å²) in [5.41, 5.74) is 3.15. The van der Waals surface area contributed by atoms with Crippen molar-refractivity contribution in [3.05, 3.63) is 71.7 Å². The minimum absolute atomic E-state index is 0.176. The highest BCUT2D eigenvalue weighted by molar-refractivity contribution is 5.97. The number of aryl methyl sites for hydroxylation is 1. The van der Waals surface area contributed by atoms with Gasteiger partial charge in [-0.2, -0.15) is 13.2 Å². The van der Waals surface area contributed by atoms with Crippen LogP contribution >= 0.6 is 0 Å². The first kappa shape index (κ1) is 23.7.